The first-order valence-electron chi connectivity index (χ1n) is 9.50. The second kappa shape index (κ2) is 11.5. The summed E-state index contributed by atoms with van der Waals surface area (Å²) >= 11 is 0. The molecule has 1 fully saturated rings. The van der Waals surface area contributed by atoms with Crippen molar-refractivity contribution in [2.24, 2.45) is 16.6 Å². The van der Waals surface area contributed by atoms with Gasteiger partial charge in [-0.05, 0) is 64.8 Å². The first-order valence-corrected chi connectivity index (χ1v) is 9.50. The zero-order chi connectivity index (χ0) is 19.9. The molecule has 1 aromatic rings. The van der Waals surface area contributed by atoms with E-state index in [-0.39, 0.29) is 35.4 Å². The van der Waals surface area contributed by atoms with Gasteiger partial charge in [0, 0.05) is 12.1 Å². The minimum Gasteiger partial charge on any atom is -0.495 e. The standard InChI is InChI=1S/C20H33N5O2.HI/c1-20(2,3)24-18(26)14-25-11-9-15(10-12-25)13-22-19(21)23-16-7-5-6-8-17(16)27-4;/h5-8,15H,9-14H2,1-4H3,(H,24,26)(H3,21,22,23);1H. The molecule has 7 nitrogen and oxygen atoms in total. The molecule has 158 valence electrons. The molecule has 8 heteroatoms. The molecule has 0 unspecified atom stereocenters. The molecule has 0 aliphatic carbocycles. The third-order valence-electron chi connectivity index (χ3n) is 4.48. The topological polar surface area (TPSA) is 92.0 Å². The van der Waals surface area contributed by atoms with Crippen LogP contribution in [0.5, 0.6) is 5.75 Å². The van der Waals surface area contributed by atoms with Crippen molar-refractivity contribution < 1.29 is 9.53 Å². The number of carbonyl (C=O) groups is 1. The Hall–Kier alpha value is -1.55. The molecule has 1 aromatic carbocycles. The summed E-state index contributed by atoms with van der Waals surface area (Å²) < 4.78 is 5.30. The van der Waals surface area contributed by atoms with E-state index in [2.05, 4.69) is 20.5 Å². The fourth-order valence-electron chi connectivity index (χ4n) is 3.14. The second-order valence-electron chi connectivity index (χ2n) is 8.07. The predicted molar refractivity (Wildman–Crippen MR) is 126 cm³/mol. The van der Waals surface area contributed by atoms with Crippen molar-refractivity contribution in [2.45, 2.75) is 39.2 Å². The van der Waals surface area contributed by atoms with Gasteiger partial charge >= 0.3 is 0 Å². The fraction of sp³-hybridized carbons (Fsp3) is 0.600. The number of nitrogens with two attached hydrogens (primary N) is 1. The van der Waals surface area contributed by atoms with E-state index in [0.29, 0.717) is 25.0 Å². The van der Waals surface area contributed by atoms with Gasteiger partial charge in [-0.15, -0.1) is 24.0 Å². The number of para-hydroxylation sites is 2. The summed E-state index contributed by atoms with van der Waals surface area (Å²) in [7, 11) is 1.63. The van der Waals surface area contributed by atoms with Crippen LogP contribution in [0.2, 0.25) is 0 Å². The van der Waals surface area contributed by atoms with Gasteiger partial charge in [0.15, 0.2) is 5.96 Å². The highest BCUT2D eigenvalue weighted by Gasteiger charge is 2.22. The molecule has 0 aromatic heterocycles. The van der Waals surface area contributed by atoms with Gasteiger partial charge in [-0.2, -0.15) is 0 Å². The second-order valence-corrected chi connectivity index (χ2v) is 8.07. The number of amides is 1. The van der Waals surface area contributed by atoms with Gasteiger partial charge in [-0.3, -0.25) is 14.7 Å². The van der Waals surface area contributed by atoms with Gasteiger partial charge in [-0.25, -0.2) is 0 Å². The molecule has 1 heterocycles. The van der Waals surface area contributed by atoms with Crippen molar-refractivity contribution in [1.29, 1.82) is 0 Å². The molecule has 0 radical (unpaired) electrons. The molecule has 1 aliphatic heterocycles. The lowest BCUT2D eigenvalue weighted by atomic mass is 9.97. The quantitative estimate of drug-likeness (QED) is 0.316. The molecular formula is C20H34IN5O2. The lowest BCUT2D eigenvalue weighted by Gasteiger charge is -2.31. The molecule has 0 saturated carbocycles. The Bertz CT molecular complexity index is 652. The molecule has 1 saturated heterocycles. The highest BCUT2D eigenvalue weighted by molar-refractivity contribution is 14.0. The minimum atomic E-state index is -0.184. The predicted octanol–water partition coefficient (Wildman–Crippen LogP) is 2.67. The molecule has 4 N–H and O–H groups in total. The summed E-state index contributed by atoms with van der Waals surface area (Å²) in [5, 5.41) is 6.11. The first kappa shape index (κ1) is 24.5. The summed E-state index contributed by atoms with van der Waals surface area (Å²) in [4.78, 5) is 18.7. The summed E-state index contributed by atoms with van der Waals surface area (Å²) in [5.41, 5.74) is 6.64. The number of hydrogen-bond donors (Lipinski definition) is 3. The molecule has 1 amide bonds. The number of methoxy groups -OCH3 is 1. The fourth-order valence-corrected chi connectivity index (χ4v) is 3.14. The molecule has 0 bridgehead atoms. The number of anilines is 1. The summed E-state index contributed by atoms with van der Waals surface area (Å²) in [6.45, 7) is 8.98. The molecule has 1 aliphatic rings. The van der Waals surface area contributed by atoms with E-state index in [0.717, 1.165) is 37.4 Å². The first-order chi connectivity index (χ1) is 12.8. The zero-order valence-electron chi connectivity index (χ0n) is 17.3. The molecule has 0 atom stereocenters. The normalized spacial score (nSPS) is 16.2. The Balaban J connectivity index is 0.00000392. The summed E-state index contributed by atoms with van der Waals surface area (Å²) in [6.07, 6.45) is 2.04. The maximum absolute atomic E-state index is 12.0. The monoisotopic (exact) mass is 503 g/mol. The van der Waals surface area contributed by atoms with Crippen molar-refractivity contribution in [3.05, 3.63) is 24.3 Å². The highest BCUT2D eigenvalue weighted by Crippen LogP contribution is 2.23. The lowest BCUT2D eigenvalue weighted by Crippen LogP contribution is -2.47. The number of nitrogens with one attached hydrogen (secondary N) is 2. The van der Waals surface area contributed by atoms with Crippen LogP contribution < -0.4 is 21.1 Å². The third-order valence-corrected chi connectivity index (χ3v) is 4.48. The average Bonchev–Trinajstić information content (AvgIpc) is 2.60. The third kappa shape index (κ3) is 8.64. The molecule has 0 spiro atoms. The maximum atomic E-state index is 12.0. The van der Waals surface area contributed by atoms with Crippen LogP contribution in [0.3, 0.4) is 0 Å². The summed E-state index contributed by atoms with van der Waals surface area (Å²) in [6, 6.07) is 7.61. The Morgan fingerprint density at radius 2 is 1.93 bits per heavy atom. The number of nitrogens with zero attached hydrogens (tertiary/aromatic N) is 2. The van der Waals surface area contributed by atoms with E-state index in [4.69, 9.17) is 10.5 Å². The average molecular weight is 503 g/mol. The zero-order valence-corrected chi connectivity index (χ0v) is 19.7. The number of rotatable bonds is 6. The van der Waals surface area contributed by atoms with E-state index in [1.165, 1.54) is 0 Å². The number of guanidine groups is 1. The number of carbonyl (C=O) groups excluding carboxylic acids is 1. The van der Waals surface area contributed by atoms with Crippen LogP contribution in [0.4, 0.5) is 5.69 Å². The van der Waals surface area contributed by atoms with Crippen LogP contribution in [0.15, 0.2) is 29.3 Å². The molecule has 28 heavy (non-hydrogen) atoms. The number of likely N-dealkylation sites (tertiary alicyclic amines) is 1. The van der Waals surface area contributed by atoms with Crippen LogP contribution in [0.25, 0.3) is 0 Å². The van der Waals surface area contributed by atoms with Gasteiger partial charge in [0.2, 0.25) is 5.91 Å². The van der Waals surface area contributed by atoms with Crippen molar-refractivity contribution in [1.82, 2.24) is 10.2 Å². The van der Waals surface area contributed by atoms with Gasteiger partial charge in [0.1, 0.15) is 5.75 Å². The number of hydrogen-bond acceptors (Lipinski definition) is 4. The van der Waals surface area contributed by atoms with Crippen molar-refractivity contribution in [3.8, 4) is 5.75 Å². The van der Waals surface area contributed by atoms with Crippen molar-refractivity contribution in [3.63, 3.8) is 0 Å². The largest absolute Gasteiger partial charge is 0.495 e. The van der Waals surface area contributed by atoms with Crippen LogP contribution in [0.1, 0.15) is 33.6 Å². The smallest absolute Gasteiger partial charge is 0.234 e. The Morgan fingerprint density at radius 3 is 2.54 bits per heavy atom. The SMILES string of the molecule is COc1ccccc1NC(N)=NCC1CCN(CC(=O)NC(C)(C)C)CC1.I. The Morgan fingerprint density at radius 1 is 1.29 bits per heavy atom. The van der Waals surface area contributed by atoms with Crippen LogP contribution >= 0.6 is 24.0 Å². The van der Waals surface area contributed by atoms with E-state index in [1.54, 1.807) is 7.11 Å². The van der Waals surface area contributed by atoms with Crippen molar-refractivity contribution >= 4 is 41.5 Å². The molecule has 2 rings (SSSR count). The highest BCUT2D eigenvalue weighted by atomic mass is 127. The van der Waals surface area contributed by atoms with Crippen LogP contribution in [-0.4, -0.2) is 55.6 Å². The van der Waals surface area contributed by atoms with Crippen LogP contribution in [0, 0.1) is 5.92 Å². The van der Waals surface area contributed by atoms with Gasteiger partial charge in [0.05, 0.1) is 19.3 Å². The number of benzene rings is 1. The van der Waals surface area contributed by atoms with Gasteiger partial charge in [-0.1, -0.05) is 12.1 Å². The number of piperidine rings is 1. The van der Waals surface area contributed by atoms with E-state index in [1.807, 2.05) is 45.0 Å². The number of aliphatic imine (C=N–C) groups is 1. The van der Waals surface area contributed by atoms with E-state index >= 15 is 0 Å². The van der Waals surface area contributed by atoms with Gasteiger partial charge < -0.3 is 21.1 Å². The van der Waals surface area contributed by atoms with Crippen LogP contribution in [-0.2, 0) is 4.79 Å². The Kier molecular flexibility index (Phi) is 10.0. The lowest BCUT2D eigenvalue weighted by molar-refractivity contribution is -0.124. The minimum absolute atomic E-state index is 0. The number of halogens is 1. The van der Waals surface area contributed by atoms with E-state index in [9.17, 15) is 4.79 Å². The Labute approximate surface area is 185 Å². The van der Waals surface area contributed by atoms with E-state index < -0.39 is 0 Å². The van der Waals surface area contributed by atoms with Gasteiger partial charge in [0.25, 0.3) is 0 Å². The molecular weight excluding hydrogens is 469 g/mol. The number of ether oxygens (including phenoxy) is 1. The van der Waals surface area contributed by atoms with Crippen molar-refractivity contribution in [2.75, 3.05) is 38.6 Å². The maximum Gasteiger partial charge on any atom is 0.234 e. The summed E-state index contributed by atoms with van der Waals surface area (Å²) in [5.74, 6) is 1.71.